The van der Waals surface area contributed by atoms with Crippen LogP contribution in [0.2, 0.25) is 10.0 Å². The van der Waals surface area contributed by atoms with E-state index in [2.05, 4.69) is 5.32 Å². The van der Waals surface area contributed by atoms with Crippen LogP contribution in [0.3, 0.4) is 0 Å². The second-order valence-electron chi connectivity index (χ2n) is 6.82. The summed E-state index contributed by atoms with van der Waals surface area (Å²) in [5, 5.41) is 4.03. The predicted octanol–water partition coefficient (Wildman–Crippen LogP) is 2.83. The molecule has 0 bridgehead atoms. The maximum Gasteiger partial charge on any atom is 0.226 e. The van der Waals surface area contributed by atoms with E-state index in [-0.39, 0.29) is 42.0 Å². The molecule has 1 aliphatic carbocycles. The van der Waals surface area contributed by atoms with E-state index < -0.39 is 0 Å². The van der Waals surface area contributed by atoms with Gasteiger partial charge in [-0.3, -0.25) is 9.59 Å². The van der Waals surface area contributed by atoms with Gasteiger partial charge in [0.25, 0.3) is 0 Å². The largest absolute Gasteiger partial charge is 0.355 e. The molecule has 8 heteroatoms. The van der Waals surface area contributed by atoms with Crippen molar-refractivity contribution < 1.29 is 9.59 Å². The van der Waals surface area contributed by atoms with E-state index >= 15 is 0 Å². The Bertz CT molecular complexity index is 671. The molecule has 2 aliphatic rings. The summed E-state index contributed by atoms with van der Waals surface area (Å²) in [7, 11) is 0. The molecule has 3 N–H and O–H groups in total. The van der Waals surface area contributed by atoms with Gasteiger partial charge in [-0.25, -0.2) is 0 Å². The van der Waals surface area contributed by atoms with E-state index in [1.54, 1.807) is 12.1 Å². The van der Waals surface area contributed by atoms with Crippen molar-refractivity contribution in [2.75, 3.05) is 26.2 Å². The van der Waals surface area contributed by atoms with Gasteiger partial charge in [-0.05, 0) is 42.9 Å². The van der Waals surface area contributed by atoms with E-state index in [4.69, 9.17) is 28.9 Å². The maximum absolute atomic E-state index is 12.8. The summed E-state index contributed by atoms with van der Waals surface area (Å²) in [6.45, 7) is 2.11. The van der Waals surface area contributed by atoms with Gasteiger partial charge in [0.1, 0.15) is 0 Å². The van der Waals surface area contributed by atoms with Gasteiger partial charge in [0.15, 0.2) is 0 Å². The Morgan fingerprint density at radius 3 is 2.77 bits per heavy atom. The first-order valence-electron chi connectivity index (χ1n) is 8.72. The normalized spacial score (nSPS) is 24.6. The van der Waals surface area contributed by atoms with Gasteiger partial charge in [0.2, 0.25) is 11.8 Å². The smallest absolute Gasteiger partial charge is 0.226 e. The minimum Gasteiger partial charge on any atom is -0.355 e. The van der Waals surface area contributed by atoms with Gasteiger partial charge in [-0.15, -0.1) is 12.4 Å². The minimum atomic E-state index is -0.138. The number of nitrogens with one attached hydrogen (secondary N) is 1. The van der Waals surface area contributed by atoms with Crippen LogP contribution < -0.4 is 11.1 Å². The summed E-state index contributed by atoms with van der Waals surface area (Å²) in [5.41, 5.74) is 6.41. The van der Waals surface area contributed by atoms with Crippen LogP contribution >= 0.6 is 35.6 Å². The van der Waals surface area contributed by atoms with E-state index in [0.717, 1.165) is 31.4 Å². The lowest BCUT2D eigenvalue weighted by atomic mass is 9.96. The molecule has 1 aliphatic heterocycles. The summed E-state index contributed by atoms with van der Waals surface area (Å²) in [6.07, 6.45) is 2.48. The molecule has 0 spiro atoms. The number of carbonyl (C=O) groups is 2. The Hall–Kier alpha value is -1.01. The lowest BCUT2D eigenvalue weighted by Crippen LogP contribution is -2.46. The summed E-state index contributed by atoms with van der Waals surface area (Å²) in [5.74, 6) is 0.109. The molecule has 26 heavy (non-hydrogen) atoms. The molecular weight excluding hydrogens is 397 g/mol. The molecule has 2 amide bonds. The standard InChI is InChI=1S/C18H23Cl2N3O2.ClH/c19-12-3-4-13(16(20)8-12)14-9-15(14)18(25)23-7-1-2-11(10-23)17(24)22-6-5-21;/h3-4,8,11,14-15H,1-2,5-7,9-10,21H2,(H,22,24);1H. The number of carbonyl (C=O) groups excluding carboxylic acids is 2. The van der Waals surface area contributed by atoms with Gasteiger partial charge in [-0.1, -0.05) is 29.3 Å². The summed E-state index contributed by atoms with van der Waals surface area (Å²) in [4.78, 5) is 26.8. The second-order valence-corrected chi connectivity index (χ2v) is 7.66. The highest BCUT2D eigenvalue weighted by Crippen LogP contribution is 2.51. The second kappa shape index (κ2) is 9.27. The molecular formula is C18H24Cl3N3O2. The van der Waals surface area contributed by atoms with Crippen molar-refractivity contribution in [1.29, 1.82) is 0 Å². The third-order valence-electron chi connectivity index (χ3n) is 5.02. The summed E-state index contributed by atoms with van der Waals surface area (Å²) >= 11 is 12.2. The molecule has 5 nitrogen and oxygen atoms in total. The Labute approximate surface area is 170 Å². The van der Waals surface area contributed by atoms with Gasteiger partial charge in [-0.2, -0.15) is 0 Å². The predicted molar refractivity (Wildman–Crippen MR) is 106 cm³/mol. The Kier molecular flexibility index (Phi) is 7.59. The topological polar surface area (TPSA) is 75.4 Å². The van der Waals surface area contributed by atoms with Crippen molar-refractivity contribution in [3.8, 4) is 0 Å². The lowest BCUT2D eigenvalue weighted by Gasteiger charge is -2.32. The number of hydrogen-bond acceptors (Lipinski definition) is 3. The van der Waals surface area contributed by atoms with Crippen molar-refractivity contribution in [3.63, 3.8) is 0 Å². The van der Waals surface area contributed by atoms with E-state index in [1.165, 1.54) is 0 Å². The van der Waals surface area contributed by atoms with Gasteiger partial charge in [0, 0.05) is 42.1 Å². The fourth-order valence-electron chi connectivity index (χ4n) is 3.58. The molecule has 3 unspecified atom stereocenters. The zero-order valence-corrected chi connectivity index (χ0v) is 16.7. The van der Waals surface area contributed by atoms with E-state index in [0.29, 0.717) is 29.7 Å². The van der Waals surface area contributed by atoms with Gasteiger partial charge in [0.05, 0.1) is 5.92 Å². The highest BCUT2D eigenvalue weighted by molar-refractivity contribution is 6.35. The highest BCUT2D eigenvalue weighted by Gasteiger charge is 2.47. The number of amides is 2. The molecule has 1 saturated heterocycles. The first kappa shape index (κ1) is 21.3. The molecule has 0 aromatic heterocycles. The van der Waals surface area contributed by atoms with E-state index in [1.807, 2.05) is 11.0 Å². The van der Waals surface area contributed by atoms with Crippen molar-refractivity contribution in [1.82, 2.24) is 10.2 Å². The summed E-state index contributed by atoms with van der Waals surface area (Å²) < 4.78 is 0. The number of likely N-dealkylation sites (tertiary alicyclic amines) is 1. The third kappa shape index (κ3) is 4.83. The molecule has 0 radical (unpaired) electrons. The Morgan fingerprint density at radius 1 is 1.31 bits per heavy atom. The third-order valence-corrected chi connectivity index (χ3v) is 5.58. The Balaban J connectivity index is 0.00000243. The van der Waals surface area contributed by atoms with Crippen LogP contribution in [-0.2, 0) is 9.59 Å². The SMILES string of the molecule is Cl.NCCNC(=O)C1CCCN(C(=O)C2CC2c2ccc(Cl)cc2Cl)C1. The van der Waals surface area contributed by atoms with Crippen molar-refractivity contribution in [3.05, 3.63) is 33.8 Å². The fraction of sp³-hybridized carbons (Fsp3) is 0.556. The summed E-state index contributed by atoms with van der Waals surface area (Å²) in [6, 6.07) is 5.43. The number of halogens is 3. The van der Waals surface area contributed by atoms with E-state index in [9.17, 15) is 9.59 Å². The number of hydrogen-bond donors (Lipinski definition) is 2. The number of benzene rings is 1. The lowest BCUT2D eigenvalue weighted by molar-refractivity contribution is -0.136. The van der Waals surface area contributed by atoms with Crippen LogP contribution in [0.15, 0.2) is 18.2 Å². The zero-order chi connectivity index (χ0) is 18.0. The average molecular weight is 421 g/mol. The van der Waals surface area contributed by atoms with Crippen molar-refractivity contribution in [2.24, 2.45) is 17.6 Å². The quantitative estimate of drug-likeness (QED) is 0.769. The first-order chi connectivity index (χ1) is 12.0. The Morgan fingerprint density at radius 2 is 2.08 bits per heavy atom. The number of rotatable bonds is 5. The first-order valence-corrected chi connectivity index (χ1v) is 9.48. The van der Waals surface area contributed by atoms with Crippen LogP contribution in [-0.4, -0.2) is 42.9 Å². The van der Waals surface area contributed by atoms with Crippen LogP contribution in [0.5, 0.6) is 0 Å². The number of nitrogens with zero attached hydrogens (tertiary/aromatic N) is 1. The molecule has 144 valence electrons. The molecule has 3 rings (SSSR count). The highest BCUT2D eigenvalue weighted by atomic mass is 35.5. The molecule has 1 aromatic carbocycles. The van der Waals surface area contributed by atoms with Gasteiger partial charge < -0.3 is 16.0 Å². The fourth-order valence-corrected chi connectivity index (χ4v) is 4.13. The van der Waals surface area contributed by atoms with Crippen molar-refractivity contribution >= 4 is 47.4 Å². The average Bonchev–Trinajstić information content (AvgIpc) is 3.39. The van der Waals surface area contributed by atoms with Crippen LogP contribution in [0.1, 0.15) is 30.7 Å². The molecule has 1 heterocycles. The zero-order valence-electron chi connectivity index (χ0n) is 14.4. The monoisotopic (exact) mass is 419 g/mol. The number of nitrogens with two attached hydrogens (primary N) is 1. The molecule has 3 atom stereocenters. The minimum absolute atomic E-state index is 0. The van der Waals surface area contributed by atoms with Crippen LogP contribution in [0.4, 0.5) is 0 Å². The number of piperidine rings is 1. The van der Waals surface area contributed by atoms with Crippen LogP contribution in [0, 0.1) is 11.8 Å². The van der Waals surface area contributed by atoms with Crippen molar-refractivity contribution in [2.45, 2.75) is 25.2 Å². The van der Waals surface area contributed by atoms with Crippen LogP contribution in [0.25, 0.3) is 0 Å². The molecule has 1 aromatic rings. The maximum atomic E-state index is 12.8. The molecule has 2 fully saturated rings. The molecule has 1 saturated carbocycles. The van der Waals surface area contributed by atoms with Gasteiger partial charge >= 0.3 is 0 Å².